The molecule has 0 aromatic heterocycles. The van der Waals surface area contributed by atoms with Crippen LogP contribution in [0.15, 0.2) is 42.5 Å². The van der Waals surface area contributed by atoms with Crippen LogP contribution >= 0.6 is 11.6 Å². The number of benzene rings is 2. The summed E-state index contributed by atoms with van der Waals surface area (Å²) in [6.07, 6.45) is 6.94. The van der Waals surface area contributed by atoms with Crippen molar-refractivity contribution in [2.24, 2.45) is 0 Å². The van der Waals surface area contributed by atoms with E-state index in [1.807, 2.05) is 30.3 Å². The summed E-state index contributed by atoms with van der Waals surface area (Å²) in [6.45, 7) is 3.53. The van der Waals surface area contributed by atoms with Crippen molar-refractivity contribution in [2.45, 2.75) is 62.5 Å². The van der Waals surface area contributed by atoms with Gasteiger partial charge >= 0.3 is 12.2 Å². The van der Waals surface area contributed by atoms with Crippen LogP contribution in [0.25, 0.3) is 0 Å². The van der Waals surface area contributed by atoms with Crippen molar-refractivity contribution in [3.8, 4) is 0 Å². The predicted octanol–water partition coefficient (Wildman–Crippen LogP) is 5.50. The van der Waals surface area contributed by atoms with Gasteiger partial charge in [-0.25, -0.2) is 4.79 Å². The molecule has 2 aromatic carbocycles. The zero-order valence-electron chi connectivity index (χ0n) is 19.2. The molecule has 2 saturated heterocycles. The van der Waals surface area contributed by atoms with Crippen molar-refractivity contribution in [3.05, 3.63) is 64.2 Å². The molecule has 0 N–H and O–H groups in total. The standard InChI is InChI=1S/C26H29ClN2O2.CO2/c27-24-22(19-6-7-19)14-18(15-23(24)20-8-9-20)16-28-12-10-26(11-13-28)17-29(25(30)31-26)21-4-2-1-3-5-21;2-1-3/h1-5,14-15,19-20H,6-13,16-17H2;. The Morgan fingerprint density at radius 3 is 2.06 bits per heavy atom. The number of hydrogen-bond acceptors (Lipinski definition) is 5. The first-order chi connectivity index (χ1) is 16.5. The van der Waals surface area contributed by atoms with E-state index < -0.39 is 0 Å². The van der Waals surface area contributed by atoms with E-state index >= 15 is 0 Å². The molecule has 1 spiro atoms. The predicted molar refractivity (Wildman–Crippen MR) is 128 cm³/mol. The minimum atomic E-state index is -0.345. The normalized spacial score (nSPS) is 21.6. The highest BCUT2D eigenvalue weighted by Gasteiger charge is 2.47. The van der Waals surface area contributed by atoms with Crippen molar-refractivity contribution >= 4 is 29.5 Å². The van der Waals surface area contributed by atoms with Gasteiger partial charge in [-0.05, 0) is 66.3 Å². The van der Waals surface area contributed by atoms with Gasteiger partial charge in [-0.15, -0.1) is 0 Å². The van der Waals surface area contributed by atoms with E-state index in [4.69, 9.17) is 25.9 Å². The third-order valence-corrected chi connectivity index (χ3v) is 7.87. The van der Waals surface area contributed by atoms with Crippen molar-refractivity contribution in [1.82, 2.24) is 4.90 Å². The van der Waals surface area contributed by atoms with Crippen molar-refractivity contribution in [3.63, 3.8) is 0 Å². The van der Waals surface area contributed by atoms with E-state index in [2.05, 4.69) is 17.0 Å². The van der Waals surface area contributed by atoms with E-state index in [0.29, 0.717) is 18.4 Å². The Labute approximate surface area is 204 Å². The molecule has 6 nitrogen and oxygen atoms in total. The Bertz CT molecular complexity index is 1050. The largest absolute Gasteiger partial charge is 0.441 e. The number of amides is 1. The van der Waals surface area contributed by atoms with Crippen LogP contribution in [-0.4, -0.2) is 42.4 Å². The molecule has 178 valence electrons. The Kier molecular flexibility index (Phi) is 6.48. The number of rotatable bonds is 5. The molecule has 7 heteroatoms. The SMILES string of the molecule is O=C1OC2(CCN(Cc3cc(C4CC4)c(Cl)c(C4CC4)c3)CC2)CN1c1ccccc1.O=C=O. The number of para-hydroxylation sites is 1. The second-order valence-electron chi connectivity index (χ2n) is 9.97. The van der Waals surface area contributed by atoms with Crippen LogP contribution in [0.1, 0.15) is 67.1 Å². The molecule has 0 atom stereocenters. The molecule has 2 aromatic rings. The van der Waals surface area contributed by atoms with Crippen LogP contribution < -0.4 is 4.90 Å². The fraction of sp³-hybridized carbons (Fsp3) is 0.481. The Morgan fingerprint density at radius 2 is 1.53 bits per heavy atom. The molecule has 0 bridgehead atoms. The average molecular weight is 481 g/mol. The second kappa shape index (κ2) is 9.53. The van der Waals surface area contributed by atoms with Crippen LogP contribution in [0, 0.1) is 0 Å². The molecule has 2 heterocycles. The van der Waals surface area contributed by atoms with E-state index in [0.717, 1.165) is 43.2 Å². The number of ether oxygens (including phenoxy) is 1. The summed E-state index contributed by atoms with van der Waals surface area (Å²) in [5, 5.41) is 1.05. The fourth-order valence-electron chi connectivity index (χ4n) is 5.28. The third kappa shape index (κ3) is 4.90. The molecule has 2 aliphatic carbocycles. The first-order valence-corrected chi connectivity index (χ1v) is 12.5. The van der Waals surface area contributed by atoms with Gasteiger partial charge in [-0.2, -0.15) is 9.59 Å². The summed E-state index contributed by atoms with van der Waals surface area (Å²) < 4.78 is 5.93. The summed E-state index contributed by atoms with van der Waals surface area (Å²) in [4.78, 5) is 33.1. The summed E-state index contributed by atoms with van der Waals surface area (Å²) >= 11 is 6.79. The minimum absolute atomic E-state index is 0.208. The first-order valence-electron chi connectivity index (χ1n) is 12.1. The Hall–Kier alpha value is -2.66. The van der Waals surface area contributed by atoms with Crippen molar-refractivity contribution in [2.75, 3.05) is 24.5 Å². The molecule has 4 aliphatic rings. The molecule has 6 rings (SSSR count). The molecular formula is C27H29ClN2O4. The molecule has 0 radical (unpaired) electrons. The zero-order chi connectivity index (χ0) is 23.7. The minimum Gasteiger partial charge on any atom is -0.441 e. The molecule has 2 saturated carbocycles. The molecule has 2 aliphatic heterocycles. The van der Waals surface area contributed by atoms with Gasteiger partial charge in [-0.3, -0.25) is 9.80 Å². The van der Waals surface area contributed by atoms with Gasteiger partial charge in [0.15, 0.2) is 0 Å². The average Bonchev–Trinajstić information content (AvgIpc) is 3.76. The summed E-state index contributed by atoms with van der Waals surface area (Å²) in [7, 11) is 0. The molecular weight excluding hydrogens is 452 g/mol. The van der Waals surface area contributed by atoms with Gasteiger partial charge in [0.05, 0.1) is 6.54 Å². The van der Waals surface area contributed by atoms with Crippen molar-refractivity contribution < 1.29 is 19.1 Å². The van der Waals surface area contributed by atoms with Crippen LogP contribution in [0.3, 0.4) is 0 Å². The maximum absolute atomic E-state index is 12.5. The van der Waals surface area contributed by atoms with Crippen LogP contribution in [0.2, 0.25) is 5.02 Å². The van der Waals surface area contributed by atoms with Gasteiger partial charge in [0.25, 0.3) is 0 Å². The number of nitrogens with zero attached hydrogens (tertiary/aromatic N) is 2. The number of carbonyl (C=O) groups excluding carboxylic acids is 3. The van der Waals surface area contributed by atoms with E-state index in [9.17, 15) is 4.79 Å². The van der Waals surface area contributed by atoms with E-state index in [1.165, 1.54) is 42.4 Å². The smallest absolute Gasteiger partial charge is 0.415 e. The van der Waals surface area contributed by atoms with Gasteiger partial charge in [0.1, 0.15) is 5.60 Å². The lowest BCUT2D eigenvalue weighted by molar-refractivity contribution is -0.191. The number of carbonyl (C=O) groups is 1. The van der Waals surface area contributed by atoms with Gasteiger partial charge in [0.2, 0.25) is 0 Å². The fourth-order valence-corrected chi connectivity index (χ4v) is 5.69. The van der Waals surface area contributed by atoms with Gasteiger partial charge in [0, 0.05) is 43.2 Å². The lowest BCUT2D eigenvalue weighted by atomic mass is 9.90. The summed E-state index contributed by atoms with van der Waals surface area (Å²) in [5.41, 5.74) is 4.75. The lowest BCUT2D eigenvalue weighted by Gasteiger charge is -2.37. The highest BCUT2D eigenvalue weighted by molar-refractivity contribution is 6.32. The number of likely N-dealkylation sites (tertiary alicyclic amines) is 1. The maximum Gasteiger partial charge on any atom is 0.415 e. The molecule has 4 fully saturated rings. The number of halogens is 1. The topological polar surface area (TPSA) is 66.9 Å². The number of hydrogen-bond donors (Lipinski definition) is 0. The number of anilines is 1. The third-order valence-electron chi connectivity index (χ3n) is 7.43. The van der Waals surface area contributed by atoms with E-state index in [-0.39, 0.29) is 17.8 Å². The van der Waals surface area contributed by atoms with Gasteiger partial charge < -0.3 is 4.74 Å². The lowest BCUT2D eigenvalue weighted by Crippen LogP contribution is -2.46. The maximum atomic E-state index is 12.5. The molecule has 1 amide bonds. The van der Waals surface area contributed by atoms with Gasteiger partial charge in [-0.1, -0.05) is 41.9 Å². The van der Waals surface area contributed by atoms with Crippen molar-refractivity contribution in [1.29, 1.82) is 0 Å². The monoisotopic (exact) mass is 480 g/mol. The van der Waals surface area contributed by atoms with E-state index in [1.54, 1.807) is 4.90 Å². The summed E-state index contributed by atoms with van der Waals surface area (Å²) in [6, 6.07) is 14.6. The quantitative estimate of drug-likeness (QED) is 0.565. The Balaban J connectivity index is 0.000000764. The van der Waals surface area contributed by atoms with Crippen LogP contribution in [-0.2, 0) is 20.9 Å². The Morgan fingerprint density at radius 1 is 0.971 bits per heavy atom. The zero-order valence-corrected chi connectivity index (χ0v) is 19.9. The van der Waals surface area contributed by atoms with Crippen LogP contribution in [0.4, 0.5) is 10.5 Å². The second-order valence-corrected chi connectivity index (χ2v) is 10.3. The summed E-state index contributed by atoms with van der Waals surface area (Å²) in [5.74, 6) is 1.35. The molecule has 0 unspecified atom stereocenters. The molecule has 34 heavy (non-hydrogen) atoms. The van der Waals surface area contributed by atoms with Crippen LogP contribution in [0.5, 0.6) is 0 Å². The first kappa shape index (κ1) is 23.1. The number of piperidine rings is 1. The highest BCUT2D eigenvalue weighted by Crippen LogP contribution is 2.50. The highest BCUT2D eigenvalue weighted by atomic mass is 35.5.